The van der Waals surface area contributed by atoms with E-state index in [-0.39, 0.29) is 11.3 Å². The molecule has 7 heteroatoms. The van der Waals surface area contributed by atoms with E-state index >= 15 is 0 Å². The van der Waals surface area contributed by atoms with E-state index in [1.807, 2.05) is 34.6 Å². The van der Waals surface area contributed by atoms with Crippen LogP contribution in [0.2, 0.25) is 0 Å². The summed E-state index contributed by atoms with van der Waals surface area (Å²) in [6.45, 7) is 9.63. The fourth-order valence-corrected chi connectivity index (χ4v) is 2.53. The number of rotatable bonds is 5. The average Bonchev–Trinajstić information content (AvgIpc) is 2.75. The summed E-state index contributed by atoms with van der Waals surface area (Å²) in [5, 5.41) is 15.7. The Morgan fingerprint density at radius 2 is 1.95 bits per heavy atom. The van der Waals surface area contributed by atoms with Crippen LogP contribution in [0.15, 0.2) is 0 Å². The molecule has 0 radical (unpaired) electrons. The number of aliphatic carboxylic acids is 1. The summed E-state index contributed by atoms with van der Waals surface area (Å²) in [7, 11) is 0. The lowest BCUT2D eigenvalue weighted by atomic mass is 9.91. The summed E-state index contributed by atoms with van der Waals surface area (Å²) in [4.78, 5) is 23.8. The molecule has 2 N–H and O–H groups in total. The van der Waals surface area contributed by atoms with E-state index in [1.54, 1.807) is 0 Å². The zero-order chi connectivity index (χ0) is 15.5. The fourth-order valence-electron chi connectivity index (χ4n) is 1.75. The molecular weight excluding hydrogens is 278 g/mol. The van der Waals surface area contributed by atoms with E-state index in [0.717, 1.165) is 11.5 Å². The van der Waals surface area contributed by atoms with Gasteiger partial charge in [0, 0.05) is 5.41 Å². The lowest BCUT2D eigenvalue weighted by molar-refractivity contribution is -0.139. The summed E-state index contributed by atoms with van der Waals surface area (Å²) >= 11 is 0.991. The highest BCUT2D eigenvalue weighted by molar-refractivity contribution is 7.08. The third kappa shape index (κ3) is 4.26. The Morgan fingerprint density at radius 3 is 2.40 bits per heavy atom. The second-order valence-corrected chi connectivity index (χ2v) is 6.95. The molecule has 0 aliphatic carbocycles. The summed E-state index contributed by atoms with van der Waals surface area (Å²) < 4.78 is 3.81. The van der Waals surface area contributed by atoms with Crippen LogP contribution in [-0.2, 0) is 10.2 Å². The number of carboxylic acid groups (broad SMARTS) is 1. The molecule has 0 bridgehead atoms. The summed E-state index contributed by atoms with van der Waals surface area (Å²) in [6.07, 6.45) is 0.387. The minimum Gasteiger partial charge on any atom is -0.480 e. The Morgan fingerprint density at radius 1 is 1.35 bits per heavy atom. The SMILES string of the molecule is CC(C)C[C@H](NC(=O)c1snnc1C(C)(C)C)C(=O)O. The monoisotopic (exact) mass is 299 g/mol. The average molecular weight is 299 g/mol. The number of hydrogen-bond donors (Lipinski definition) is 2. The molecule has 0 saturated carbocycles. The van der Waals surface area contributed by atoms with Crippen molar-refractivity contribution in [3.8, 4) is 0 Å². The first-order valence-electron chi connectivity index (χ1n) is 6.49. The first-order chi connectivity index (χ1) is 9.12. The van der Waals surface area contributed by atoms with Crippen molar-refractivity contribution in [3.63, 3.8) is 0 Å². The van der Waals surface area contributed by atoms with Crippen molar-refractivity contribution >= 4 is 23.4 Å². The molecule has 1 amide bonds. The molecule has 1 heterocycles. The van der Waals surface area contributed by atoms with Crippen molar-refractivity contribution in [3.05, 3.63) is 10.6 Å². The molecule has 6 nitrogen and oxygen atoms in total. The van der Waals surface area contributed by atoms with E-state index in [1.165, 1.54) is 0 Å². The van der Waals surface area contributed by atoms with Gasteiger partial charge in [-0.05, 0) is 23.9 Å². The van der Waals surface area contributed by atoms with Crippen molar-refractivity contribution < 1.29 is 14.7 Å². The van der Waals surface area contributed by atoms with Crippen molar-refractivity contribution in [1.29, 1.82) is 0 Å². The van der Waals surface area contributed by atoms with Gasteiger partial charge in [0.1, 0.15) is 10.9 Å². The van der Waals surface area contributed by atoms with Crippen LogP contribution in [-0.4, -0.2) is 32.6 Å². The first kappa shape index (κ1) is 16.6. The number of carbonyl (C=O) groups excluding carboxylic acids is 1. The maximum atomic E-state index is 12.2. The number of hydrogen-bond acceptors (Lipinski definition) is 5. The smallest absolute Gasteiger partial charge is 0.326 e. The lowest BCUT2D eigenvalue weighted by Crippen LogP contribution is -2.42. The Bertz CT molecular complexity index is 491. The number of amides is 1. The van der Waals surface area contributed by atoms with Crippen molar-refractivity contribution in [1.82, 2.24) is 14.9 Å². The molecule has 1 aromatic heterocycles. The van der Waals surface area contributed by atoms with Gasteiger partial charge in [-0.15, -0.1) is 5.10 Å². The second-order valence-electron chi connectivity index (χ2n) is 6.19. The van der Waals surface area contributed by atoms with Crippen molar-refractivity contribution in [2.24, 2.45) is 5.92 Å². The molecule has 0 saturated heterocycles. The largest absolute Gasteiger partial charge is 0.480 e. The minimum atomic E-state index is -1.03. The number of carboxylic acids is 1. The topological polar surface area (TPSA) is 92.2 Å². The van der Waals surface area contributed by atoms with Crippen LogP contribution < -0.4 is 5.32 Å². The van der Waals surface area contributed by atoms with Crippen LogP contribution >= 0.6 is 11.5 Å². The molecule has 1 aromatic rings. The van der Waals surface area contributed by atoms with Crippen LogP contribution in [0.1, 0.15) is 56.4 Å². The molecule has 112 valence electrons. The lowest BCUT2D eigenvalue weighted by Gasteiger charge is -2.19. The van der Waals surface area contributed by atoms with Gasteiger partial charge < -0.3 is 10.4 Å². The van der Waals surface area contributed by atoms with Gasteiger partial charge in [-0.25, -0.2) is 4.79 Å². The zero-order valence-corrected chi connectivity index (χ0v) is 13.2. The predicted molar refractivity (Wildman–Crippen MR) is 77.0 cm³/mol. The second kappa shape index (κ2) is 6.30. The third-order valence-corrected chi connectivity index (χ3v) is 3.44. The van der Waals surface area contributed by atoms with E-state index in [9.17, 15) is 9.59 Å². The van der Waals surface area contributed by atoms with Gasteiger partial charge in [0.15, 0.2) is 0 Å². The molecule has 1 rings (SSSR count). The van der Waals surface area contributed by atoms with E-state index < -0.39 is 17.9 Å². The Kier molecular flexibility index (Phi) is 5.21. The van der Waals surface area contributed by atoms with E-state index in [4.69, 9.17) is 5.11 Å². The van der Waals surface area contributed by atoms with E-state index in [0.29, 0.717) is 17.0 Å². The molecule has 1 atom stereocenters. The number of nitrogens with one attached hydrogen (secondary N) is 1. The summed E-state index contributed by atoms with van der Waals surface area (Å²) in [5.74, 6) is -1.27. The van der Waals surface area contributed by atoms with Crippen LogP contribution in [0.25, 0.3) is 0 Å². The van der Waals surface area contributed by atoms with Crippen LogP contribution in [0.4, 0.5) is 0 Å². The molecule has 0 aliphatic rings. The Labute approximate surface area is 122 Å². The summed E-state index contributed by atoms with van der Waals surface area (Å²) in [6, 6.07) is -0.891. The van der Waals surface area contributed by atoms with Gasteiger partial charge >= 0.3 is 5.97 Å². The van der Waals surface area contributed by atoms with Crippen LogP contribution in [0.5, 0.6) is 0 Å². The highest BCUT2D eigenvalue weighted by Crippen LogP contribution is 2.25. The molecule has 20 heavy (non-hydrogen) atoms. The molecule has 0 aliphatic heterocycles. The van der Waals surface area contributed by atoms with Gasteiger partial charge in [0.2, 0.25) is 0 Å². The minimum absolute atomic E-state index is 0.179. The third-order valence-electron chi connectivity index (χ3n) is 2.72. The first-order valence-corrected chi connectivity index (χ1v) is 7.26. The molecule has 0 unspecified atom stereocenters. The van der Waals surface area contributed by atoms with E-state index in [2.05, 4.69) is 14.9 Å². The standard InChI is InChI=1S/C13H21N3O3S/c1-7(2)6-8(12(18)19)14-11(17)9-10(13(3,4)5)15-16-20-9/h7-8H,6H2,1-5H3,(H,14,17)(H,18,19)/t8-/m0/s1. The highest BCUT2D eigenvalue weighted by Gasteiger charge is 2.29. The molecule has 0 spiro atoms. The summed E-state index contributed by atoms with van der Waals surface area (Å²) in [5.41, 5.74) is 0.282. The van der Waals surface area contributed by atoms with Gasteiger partial charge in [0.05, 0.1) is 5.69 Å². The maximum absolute atomic E-state index is 12.2. The van der Waals surface area contributed by atoms with Crippen molar-refractivity contribution in [2.45, 2.75) is 52.5 Å². The number of nitrogens with zero attached hydrogens (tertiary/aromatic N) is 2. The van der Waals surface area contributed by atoms with Crippen molar-refractivity contribution in [2.75, 3.05) is 0 Å². The normalized spacial score (nSPS) is 13.3. The van der Waals surface area contributed by atoms with Gasteiger partial charge in [-0.2, -0.15) is 0 Å². The quantitative estimate of drug-likeness (QED) is 0.868. The zero-order valence-electron chi connectivity index (χ0n) is 12.4. The maximum Gasteiger partial charge on any atom is 0.326 e. The fraction of sp³-hybridized carbons (Fsp3) is 0.692. The number of aromatic nitrogens is 2. The van der Waals surface area contributed by atoms with Gasteiger partial charge in [0.25, 0.3) is 5.91 Å². The molecule has 0 fully saturated rings. The molecule has 0 aromatic carbocycles. The van der Waals surface area contributed by atoms with Crippen LogP contribution in [0.3, 0.4) is 0 Å². The van der Waals surface area contributed by atoms with Gasteiger partial charge in [-0.3, -0.25) is 4.79 Å². The van der Waals surface area contributed by atoms with Gasteiger partial charge in [-0.1, -0.05) is 39.1 Å². The molecular formula is C13H21N3O3S. The van der Waals surface area contributed by atoms with Crippen LogP contribution in [0, 0.1) is 5.92 Å². The predicted octanol–water partition coefficient (Wildman–Crippen LogP) is 2.06. The number of carbonyl (C=O) groups is 2. The Balaban J connectivity index is 2.90. The Hall–Kier alpha value is -1.50. The highest BCUT2D eigenvalue weighted by atomic mass is 32.1.